The summed E-state index contributed by atoms with van der Waals surface area (Å²) < 4.78 is 51.0. The van der Waals surface area contributed by atoms with Crippen LogP contribution in [0.25, 0.3) is 11.0 Å². The quantitative estimate of drug-likeness (QED) is 0.240. The Labute approximate surface area is 220 Å². The van der Waals surface area contributed by atoms with Crippen molar-refractivity contribution in [2.24, 2.45) is 5.92 Å². The van der Waals surface area contributed by atoms with E-state index in [-0.39, 0.29) is 22.2 Å². The zero-order chi connectivity index (χ0) is 25.9. The molecule has 1 atom stereocenters. The van der Waals surface area contributed by atoms with Crippen molar-refractivity contribution in [3.8, 4) is 11.5 Å². The lowest BCUT2D eigenvalue weighted by Crippen LogP contribution is -2.29. The molecular weight excluding hydrogens is 542 g/mol. The number of nitrogens with one attached hydrogen (secondary N) is 1. The van der Waals surface area contributed by atoms with E-state index < -0.39 is 17.9 Å². The van der Waals surface area contributed by atoms with Gasteiger partial charge in [-0.05, 0) is 75.0 Å². The largest absolute Gasteiger partial charge is 0.491 e. The number of hydrogen-bond acceptors (Lipinski definition) is 5. The van der Waals surface area contributed by atoms with Gasteiger partial charge in [0, 0.05) is 11.6 Å². The fourth-order valence-electron chi connectivity index (χ4n) is 4.21. The number of halogens is 6. The van der Waals surface area contributed by atoms with Crippen LogP contribution in [0.4, 0.5) is 13.2 Å². The molecule has 0 amide bonds. The fourth-order valence-corrected chi connectivity index (χ4v) is 4.71. The third-order valence-corrected chi connectivity index (χ3v) is 7.00. The summed E-state index contributed by atoms with van der Waals surface area (Å²) in [4.78, 5) is 16.1. The van der Waals surface area contributed by atoms with Gasteiger partial charge in [-0.3, -0.25) is 0 Å². The number of alkyl halides is 3. The molecule has 1 aromatic heterocycles. The minimum atomic E-state index is -5.21. The maximum absolute atomic E-state index is 12.9. The number of benzene rings is 2. The predicted molar refractivity (Wildman–Crippen MR) is 132 cm³/mol. The summed E-state index contributed by atoms with van der Waals surface area (Å²) in [7, 11) is 0. The topological polar surface area (TPSA) is 65.4 Å². The van der Waals surface area contributed by atoms with Crippen LogP contribution in [0.1, 0.15) is 31.5 Å². The van der Waals surface area contributed by atoms with Crippen LogP contribution in [0.3, 0.4) is 0 Å². The Kier molecular flexibility index (Phi) is 8.55. The predicted octanol–water partition coefficient (Wildman–Crippen LogP) is 6.82. The zero-order valence-corrected chi connectivity index (χ0v) is 21.3. The van der Waals surface area contributed by atoms with E-state index in [9.17, 15) is 18.0 Å². The van der Waals surface area contributed by atoms with Crippen molar-refractivity contribution in [2.45, 2.75) is 45.0 Å². The Morgan fingerprint density at radius 1 is 1.19 bits per heavy atom. The van der Waals surface area contributed by atoms with Crippen molar-refractivity contribution in [2.75, 3.05) is 13.1 Å². The number of nitrogens with zero attached hydrogens (tertiary/aromatic N) is 2. The van der Waals surface area contributed by atoms with E-state index in [1.165, 1.54) is 6.07 Å². The molecule has 6 nitrogen and oxygen atoms in total. The van der Waals surface area contributed by atoms with E-state index in [1.807, 2.05) is 4.57 Å². The first kappa shape index (κ1) is 26.9. The Hall–Kier alpha value is -2.20. The van der Waals surface area contributed by atoms with Crippen LogP contribution in [0.5, 0.6) is 11.5 Å². The summed E-state index contributed by atoms with van der Waals surface area (Å²) >= 11 is 18.3. The van der Waals surface area contributed by atoms with Crippen LogP contribution in [-0.2, 0) is 17.9 Å². The average molecular weight is 565 g/mol. The molecule has 0 saturated carbocycles. The Balaban J connectivity index is 1.67. The molecule has 0 aliphatic carbocycles. The number of carbonyl (C=O) groups is 1. The number of hydrogen-bond donors (Lipinski definition) is 1. The number of ether oxygens (including phenoxy) is 2. The summed E-state index contributed by atoms with van der Waals surface area (Å²) in [6.07, 6.45) is -1.19. The van der Waals surface area contributed by atoms with Crippen molar-refractivity contribution in [3.05, 3.63) is 51.2 Å². The van der Waals surface area contributed by atoms with Crippen LogP contribution < -0.4 is 14.8 Å². The second kappa shape index (κ2) is 11.5. The van der Waals surface area contributed by atoms with Crippen LogP contribution in [0.15, 0.2) is 30.3 Å². The van der Waals surface area contributed by atoms with Gasteiger partial charge < -0.3 is 19.4 Å². The Bertz CT molecular complexity index is 1230. The van der Waals surface area contributed by atoms with Gasteiger partial charge in [0.05, 0.1) is 10.5 Å². The summed E-state index contributed by atoms with van der Waals surface area (Å²) in [6, 6.07) is 8.23. The van der Waals surface area contributed by atoms with Gasteiger partial charge in [-0.2, -0.15) is 13.2 Å². The zero-order valence-electron chi connectivity index (χ0n) is 19.0. The molecule has 3 aromatic rings. The maximum Gasteiger partial charge on any atom is 0.491 e. The smallest absolute Gasteiger partial charge is 0.486 e. The first-order chi connectivity index (χ1) is 17.1. The van der Waals surface area contributed by atoms with Gasteiger partial charge in [0.2, 0.25) is 0 Å². The minimum Gasteiger partial charge on any atom is -0.486 e. The van der Waals surface area contributed by atoms with E-state index in [2.05, 4.69) is 15.0 Å². The average Bonchev–Trinajstić information content (AvgIpc) is 3.18. The van der Waals surface area contributed by atoms with Gasteiger partial charge >= 0.3 is 12.1 Å². The molecule has 1 N–H and O–H groups in total. The third-order valence-electron chi connectivity index (χ3n) is 5.97. The number of piperidine rings is 1. The molecule has 1 aliphatic heterocycles. The first-order valence-electron chi connectivity index (χ1n) is 11.4. The van der Waals surface area contributed by atoms with E-state index in [0.717, 1.165) is 38.8 Å². The van der Waals surface area contributed by atoms with Gasteiger partial charge in [-0.1, -0.05) is 34.8 Å². The number of esters is 1. The second-order valence-corrected chi connectivity index (χ2v) is 9.75. The maximum atomic E-state index is 12.9. The highest BCUT2D eigenvalue weighted by atomic mass is 35.5. The fraction of sp³-hybridized carbons (Fsp3) is 0.417. The minimum absolute atomic E-state index is 0.00317. The van der Waals surface area contributed by atoms with Crippen molar-refractivity contribution < 1.29 is 27.4 Å². The van der Waals surface area contributed by atoms with Crippen molar-refractivity contribution >= 4 is 51.8 Å². The highest BCUT2D eigenvalue weighted by molar-refractivity contribution is 6.44. The van der Waals surface area contributed by atoms with Crippen molar-refractivity contribution in [1.29, 1.82) is 0 Å². The molecular formula is C24H23Cl3F3N3O3. The van der Waals surface area contributed by atoms with Gasteiger partial charge in [0.1, 0.15) is 28.7 Å². The lowest BCUT2D eigenvalue weighted by Gasteiger charge is -2.22. The van der Waals surface area contributed by atoms with E-state index in [1.54, 1.807) is 24.3 Å². The van der Waals surface area contributed by atoms with E-state index in [0.29, 0.717) is 34.6 Å². The molecule has 1 fully saturated rings. The molecule has 1 unspecified atom stereocenters. The van der Waals surface area contributed by atoms with E-state index >= 15 is 0 Å². The summed E-state index contributed by atoms with van der Waals surface area (Å²) in [6.45, 7) is 2.49. The lowest BCUT2D eigenvalue weighted by molar-refractivity contribution is -0.189. The molecule has 194 valence electrons. The number of rotatable bonds is 8. The van der Waals surface area contributed by atoms with Gasteiger partial charge in [-0.15, -0.1) is 0 Å². The highest BCUT2D eigenvalue weighted by Gasteiger charge is 2.42. The van der Waals surface area contributed by atoms with Crippen LogP contribution in [0.2, 0.25) is 15.1 Å². The standard InChI is InChI=1S/C24H23Cl3F3N3O3/c25-15-5-7-16(8-6-15)35-13-19-32-21-18(33(19)10-2-4-14-3-1-9-31-12-14)11-17(26)20(27)22(21)36-23(34)24(28,29)30/h5-8,11,14,31H,1-4,9-10,12-13H2. The number of aromatic nitrogens is 2. The SMILES string of the molecule is O=C(Oc1c(Cl)c(Cl)cc2c1nc(COc1ccc(Cl)cc1)n2CCCC1CCCNC1)C(F)(F)F. The number of carbonyl (C=O) groups excluding carboxylic acids is 1. The van der Waals surface area contributed by atoms with Gasteiger partial charge in [0.25, 0.3) is 0 Å². The molecule has 0 radical (unpaired) electrons. The first-order valence-corrected chi connectivity index (χ1v) is 12.5. The third kappa shape index (κ3) is 6.37. The molecule has 2 heterocycles. The summed E-state index contributed by atoms with van der Waals surface area (Å²) in [5.74, 6) is -1.45. The molecule has 0 bridgehead atoms. The van der Waals surface area contributed by atoms with Crippen LogP contribution in [-0.4, -0.2) is 34.8 Å². The molecule has 12 heteroatoms. The van der Waals surface area contributed by atoms with E-state index in [4.69, 9.17) is 39.5 Å². The van der Waals surface area contributed by atoms with Gasteiger partial charge in [0.15, 0.2) is 5.75 Å². The monoisotopic (exact) mass is 563 g/mol. The van der Waals surface area contributed by atoms with Crippen molar-refractivity contribution in [3.63, 3.8) is 0 Å². The Morgan fingerprint density at radius 2 is 1.94 bits per heavy atom. The molecule has 2 aromatic carbocycles. The molecule has 4 rings (SSSR count). The number of fused-ring (bicyclic) bond motifs is 1. The lowest BCUT2D eigenvalue weighted by atomic mass is 9.95. The highest BCUT2D eigenvalue weighted by Crippen LogP contribution is 2.40. The number of aryl methyl sites for hydroxylation is 1. The van der Waals surface area contributed by atoms with Crippen LogP contribution >= 0.6 is 34.8 Å². The summed E-state index contributed by atoms with van der Waals surface area (Å²) in [5, 5.41) is 3.55. The molecule has 1 saturated heterocycles. The molecule has 36 heavy (non-hydrogen) atoms. The van der Waals surface area contributed by atoms with Gasteiger partial charge in [-0.25, -0.2) is 9.78 Å². The normalized spacial score (nSPS) is 16.3. The Morgan fingerprint density at radius 3 is 2.61 bits per heavy atom. The molecule has 0 spiro atoms. The summed E-state index contributed by atoms with van der Waals surface area (Å²) in [5.41, 5.74) is 0.391. The molecule has 1 aliphatic rings. The second-order valence-electron chi connectivity index (χ2n) is 8.53. The van der Waals surface area contributed by atoms with Crippen molar-refractivity contribution in [1.82, 2.24) is 14.9 Å². The van der Waals surface area contributed by atoms with Crippen LogP contribution in [0, 0.1) is 5.92 Å². The number of imidazole rings is 1.